The number of carbonyl (C=O) groups is 2. The maximum absolute atomic E-state index is 12.9. The van der Waals surface area contributed by atoms with Crippen LogP contribution in [0.15, 0.2) is 24.3 Å². The van der Waals surface area contributed by atoms with Crippen molar-refractivity contribution in [2.45, 2.75) is 71.1 Å². The number of nitrogens with zero attached hydrogens (tertiary/aromatic N) is 1. The van der Waals surface area contributed by atoms with Crippen LogP contribution in [0.5, 0.6) is 5.75 Å². The lowest BCUT2D eigenvalue weighted by Crippen LogP contribution is -2.51. The molecule has 7 nitrogen and oxygen atoms in total. The maximum Gasteiger partial charge on any atom is 0.410 e. The van der Waals surface area contributed by atoms with E-state index in [0.717, 1.165) is 25.9 Å². The van der Waals surface area contributed by atoms with Crippen LogP contribution in [0, 0.1) is 5.41 Å². The number of para-hydroxylation sites is 1. The van der Waals surface area contributed by atoms with Crippen LogP contribution < -0.4 is 10.1 Å². The van der Waals surface area contributed by atoms with E-state index in [9.17, 15) is 9.59 Å². The number of hydrogen-bond acceptors (Lipinski definition) is 5. The second-order valence-electron chi connectivity index (χ2n) is 10.6. The van der Waals surface area contributed by atoms with Crippen LogP contribution in [0.4, 0.5) is 4.79 Å². The summed E-state index contributed by atoms with van der Waals surface area (Å²) in [5.74, 6) is 0.381. The highest BCUT2D eigenvalue weighted by Gasteiger charge is 2.52. The number of carbonyl (C=O) groups excluding carboxylic acids is 2. The molecule has 31 heavy (non-hydrogen) atoms. The normalized spacial score (nSPS) is 24.4. The summed E-state index contributed by atoms with van der Waals surface area (Å²) in [6.45, 7) is 11.1. The van der Waals surface area contributed by atoms with Crippen molar-refractivity contribution in [1.29, 1.82) is 0 Å². The molecule has 172 valence electrons. The Morgan fingerprint density at radius 2 is 1.90 bits per heavy atom. The van der Waals surface area contributed by atoms with Crippen molar-refractivity contribution in [3.63, 3.8) is 0 Å². The van der Waals surface area contributed by atoms with Crippen molar-refractivity contribution in [3.05, 3.63) is 29.8 Å². The van der Waals surface area contributed by atoms with E-state index in [1.54, 1.807) is 19.2 Å². The Morgan fingerprint density at radius 3 is 2.52 bits per heavy atom. The highest BCUT2D eigenvalue weighted by atomic mass is 16.6. The molecule has 2 aliphatic rings. The molecule has 0 atom stereocenters. The fourth-order valence-corrected chi connectivity index (χ4v) is 4.47. The topological polar surface area (TPSA) is 77.1 Å². The summed E-state index contributed by atoms with van der Waals surface area (Å²) < 4.78 is 17.1. The quantitative estimate of drug-likeness (QED) is 0.735. The molecule has 0 bridgehead atoms. The zero-order valence-corrected chi connectivity index (χ0v) is 19.6. The van der Waals surface area contributed by atoms with Crippen LogP contribution in [0.3, 0.4) is 0 Å². The number of ether oxygens (including phenoxy) is 3. The standard InChI is InChI=1S/C24H36N2O5/c1-22(2,3)31-21(28)26(6)11-12-29-19-10-8-7-9-18(19)20(27)25-17-13-24(14-17)15-23(4,5)30-16-24/h7-10,17H,11-16H2,1-6H3,(H,25,27). The summed E-state index contributed by atoms with van der Waals surface area (Å²) in [5, 5.41) is 3.14. The smallest absolute Gasteiger partial charge is 0.410 e. The lowest BCUT2D eigenvalue weighted by atomic mass is 9.63. The number of nitrogens with one attached hydrogen (secondary N) is 1. The molecule has 7 heteroatoms. The van der Waals surface area contributed by atoms with E-state index < -0.39 is 11.7 Å². The van der Waals surface area contributed by atoms with Gasteiger partial charge in [0.2, 0.25) is 0 Å². The van der Waals surface area contributed by atoms with Gasteiger partial charge in [-0.2, -0.15) is 0 Å². The minimum atomic E-state index is -0.544. The van der Waals surface area contributed by atoms with Gasteiger partial charge in [0.15, 0.2) is 0 Å². The molecule has 1 spiro atoms. The first-order valence-corrected chi connectivity index (χ1v) is 11.0. The van der Waals surface area contributed by atoms with Crippen LogP contribution in [0.25, 0.3) is 0 Å². The zero-order valence-electron chi connectivity index (χ0n) is 19.6. The average Bonchev–Trinajstić information content (AvgIpc) is 2.96. The molecule has 1 aliphatic carbocycles. The number of hydrogen-bond donors (Lipinski definition) is 1. The predicted octanol–water partition coefficient (Wildman–Crippen LogP) is 4.01. The van der Waals surface area contributed by atoms with Gasteiger partial charge in [0.1, 0.15) is 18.0 Å². The first-order valence-electron chi connectivity index (χ1n) is 11.0. The van der Waals surface area contributed by atoms with E-state index in [0.29, 0.717) is 17.9 Å². The SMILES string of the molecule is CN(CCOc1ccccc1C(=O)NC1CC2(COC(C)(C)C2)C1)C(=O)OC(C)(C)C. The summed E-state index contributed by atoms with van der Waals surface area (Å²) in [4.78, 5) is 26.4. The highest BCUT2D eigenvalue weighted by Crippen LogP contribution is 2.52. The van der Waals surface area contributed by atoms with Crippen molar-refractivity contribution in [3.8, 4) is 5.75 Å². The molecule has 1 saturated heterocycles. The molecule has 1 aromatic carbocycles. The fourth-order valence-electron chi connectivity index (χ4n) is 4.47. The van der Waals surface area contributed by atoms with Crippen LogP contribution in [0.2, 0.25) is 0 Å². The molecule has 0 radical (unpaired) electrons. The average molecular weight is 433 g/mol. The fraction of sp³-hybridized carbons (Fsp3) is 0.667. The maximum atomic E-state index is 12.9. The van der Waals surface area contributed by atoms with E-state index in [4.69, 9.17) is 14.2 Å². The Kier molecular flexibility index (Phi) is 6.56. The Balaban J connectivity index is 1.49. The molecule has 1 heterocycles. The molecule has 1 aliphatic heterocycles. The van der Waals surface area contributed by atoms with Gasteiger partial charge in [-0.1, -0.05) is 12.1 Å². The molecular weight excluding hydrogens is 396 g/mol. The zero-order chi connectivity index (χ0) is 22.9. The lowest BCUT2D eigenvalue weighted by molar-refractivity contribution is 0.0177. The van der Waals surface area contributed by atoms with Crippen LogP contribution in [-0.4, -0.2) is 61.0 Å². The van der Waals surface area contributed by atoms with Crippen molar-refractivity contribution in [2.24, 2.45) is 5.41 Å². The third-order valence-electron chi connectivity index (χ3n) is 5.78. The summed E-state index contributed by atoms with van der Waals surface area (Å²) >= 11 is 0. The third-order valence-corrected chi connectivity index (χ3v) is 5.78. The molecule has 2 amide bonds. The first kappa shape index (κ1) is 23.4. The number of likely N-dealkylation sites (N-methyl/N-ethyl adjacent to an activating group) is 1. The Labute approximate surface area is 185 Å². The van der Waals surface area contributed by atoms with Gasteiger partial charge in [0.05, 0.1) is 24.3 Å². The largest absolute Gasteiger partial charge is 0.491 e. The molecule has 3 rings (SSSR count). The minimum Gasteiger partial charge on any atom is -0.491 e. The van der Waals surface area contributed by atoms with Gasteiger partial charge in [0, 0.05) is 18.5 Å². The summed E-state index contributed by atoms with van der Waals surface area (Å²) in [6.07, 6.45) is 2.54. The van der Waals surface area contributed by atoms with Gasteiger partial charge < -0.3 is 24.4 Å². The van der Waals surface area contributed by atoms with Gasteiger partial charge in [-0.3, -0.25) is 4.79 Å². The number of amides is 2. The lowest BCUT2D eigenvalue weighted by Gasteiger charge is -2.45. The van der Waals surface area contributed by atoms with Crippen LogP contribution in [0.1, 0.15) is 64.2 Å². The molecule has 2 fully saturated rings. The van der Waals surface area contributed by atoms with E-state index >= 15 is 0 Å². The summed E-state index contributed by atoms with van der Waals surface area (Å²) in [7, 11) is 1.66. The van der Waals surface area contributed by atoms with Gasteiger partial charge in [0.25, 0.3) is 5.91 Å². The second-order valence-corrected chi connectivity index (χ2v) is 10.6. The van der Waals surface area contributed by atoms with Crippen molar-refractivity contribution >= 4 is 12.0 Å². The van der Waals surface area contributed by atoms with E-state index in [-0.39, 0.29) is 29.6 Å². The van der Waals surface area contributed by atoms with Crippen molar-refractivity contribution in [1.82, 2.24) is 10.2 Å². The number of rotatable bonds is 6. The molecular formula is C24H36N2O5. The highest BCUT2D eigenvalue weighted by molar-refractivity contribution is 5.97. The number of benzene rings is 1. The minimum absolute atomic E-state index is 0.0676. The Bertz CT molecular complexity index is 808. The molecule has 0 unspecified atom stereocenters. The van der Waals surface area contributed by atoms with Crippen molar-refractivity contribution in [2.75, 3.05) is 26.8 Å². The second kappa shape index (κ2) is 8.69. The van der Waals surface area contributed by atoms with Crippen LogP contribution in [-0.2, 0) is 9.47 Å². The van der Waals surface area contributed by atoms with Crippen LogP contribution >= 0.6 is 0 Å². The van der Waals surface area contributed by atoms with Gasteiger partial charge in [-0.25, -0.2) is 4.79 Å². The molecule has 1 saturated carbocycles. The molecule has 1 aromatic rings. The van der Waals surface area contributed by atoms with Gasteiger partial charge in [-0.05, 0) is 66.0 Å². The third kappa shape index (κ3) is 6.12. The van der Waals surface area contributed by atoms with Gasteiger partial charge in [-0.15, -0.1) is 0 Å². The summed E-state index contributed by atoms with van der Waals surface area (Å²) in [6, 6.07) is 7.36. The Morgan fingerprint density at radius 1 is 1.23 bits per heavy atom. The first-order chi connectivity index (χ1) is 14.4. The van der Waals surface area contributed by atoms with Gasteiger partial charge >= 0.3 is 6.09 Å². The van der Waals surface area contributed by atoms with Crippen molar-refractivity contribution < 1.29 is 23.8 Å². The molecule has 1 N–H and O–H groups in total. The van der Waals surface area contributed by atoms with E-state index in [1.807, 2.05) is 32.9 Å². The monoisotopic (exact) mass is 432 g/mol. The van der Waals surface area contributed by atoms with E-state index in [2.05, 4.69) is 19.2 Å². The summed E-state index contributed by atoms with van der Waals surface area (Å²) in [5.41, 5.74) is 0.106. The molecule has 0 aromatic heterocycles. The Hall–Kier alpha value is -2.28. The van der Waals surface area contributed by atoms with E-state index in [1.165, 1.54) is 4.90 Å². The predicted molar refractivity (Wildman–Crippen MR) is 118 cm³/mol.